The first kappa shape index (κ1) is 23.8. The molecule has 10 heteroatoms. The fourth-order valence-corrected chi connectivity index (χ4v) is 3.24. The maximum absolute atomic E-state index is 12.9. The summed E-state index contributed by atoms with van der Waals surface area (Å²) in [4.78, 5) is 26.2. The summed E-state index contributed by atoms with van der Waals surface area (Å²) in [6, 6.07) is 9.90. The van der Waals surface area contributed by atoms with Crippen molar-refractivity contribution in [2.45, 2.75) is 6.18 Å². The summed E-state index contributed by atoms with van der Waals surface area (Å²) >= 11 is 5.59. The number of halogens is 4. The van der Waals surface area contributed by atoms with Crippen LogP contribution in [0.4, 0.5) is 24.5 Å². The van der Waals surface area contributed by atoms with Gasteiger partial charge in [0.25, 0.3) is 0 Å². The van der Waals surface area contributed by atoms with Gasteiger partial charge in [-0.05, 0) is 48.0 Å². The van der Waals surface area contributed by atoms with Gasteiger partial charge in [-0.2, -0.15) is 13.2 Å². The molecule has 1 heterocycles. The van der Waals surface area contributed by atoms with E-state index in [9.17, 15) is 22.8 Å². The predicted octanol–water partition coefficient (Wildman–Crippen LogP) is 4.28. The highest BCUT2D eigenvalue weighted by atomic mass is 35.5. The first-order chi connectivity index (χ1) is 15.2. The van der Waals surface area contributed by atoms with E-state index in [1.54, 1.807) is 24.3 Å². The van der Waals surface area contributed by atoms with Crippen LogP contribution in [0, 0.1) is 0 Å². The van der Waals surface area contributed by atoms with Crippen molar-refractivity contribution in [3.63, 3.8) is 0 Å². The van der Waals surface area contributed by atoms with Crippen LogP contribution < -0.4 is 10.6 Å². The van der Waals surface area contributed by atoms with Crippen molar-refractivity contribution >= 4 is 40.9 Å². The summed E-state index contributed by atoms with van der Waals surface area (Å²) in [5, 5.41) is 4.99. The van der Waals surface area contributed by atoms with E-state index in [1.165, 1.54) is 12.1 Å². The summed E-state index contributed by atoms with van der Waals surface area (Å²) in [6.07, 6.45) is -2.19. The third-order valence-electron chi connectivity index (χ3n) is 4.63. The Balaban J connectivity index is 1.52. The van der Waals surface area contributed by atoms with Crippen LogP contribution in [-0.2, 0) is 20.5 Å². The fourth-order valence-electron chi connectivity index (χ4n) is 3.02. The topological polar surface area (TPSA) is 70.7 Å². The first-order valence-electron chi connectivity index (χ1n) is 9.76. The molecule has 0 bridgehead atoms. The second-order valence-electron chi connectivity index (χ2n) is 7.07. The zero-order valence-electron chi connectivity index (χ0n) is 16.9. The van der Waals surface area contributed by atoms with E-state index in [-0.39, 0.29) is 18.0 Å². The van der Waals surface area contributed by atoms with Gasteiger partial charge in [-0.15, -0.1) is 0 Å². The van der Waals surface area contributed by atoms with E-state index in [1.807, 2.05) is 4.90 Å². The number of carbonyl (C=O) groups is 2. The molecule has 2 aromatic carbocycles. The zero-order valence-corrected chi connectivity index (χ0v) is 17.7. The smallest absolute Gasteiger partial charge is 0.379 e. The lowest BCUT2D eigenvalue weighted by atomic mass is 10.1. The van der Waals surface area contributed by atoms with Gasteiger partial charge in [-0.1, -0.05) is 17.7 Å². The quantitative estimate of drug-likeness (QED) is 0.622. The van der Waals surface area contributed by atoms with E-state index in [4.69, 9.17) is 16.3 Å². The molecule has 32 heavy (non-hydrogen) atoms. The molecule has 1 aliphatic rings. The molecular weight excluding hydrogens is 447 g/mol. The van der Waals surface area contributed by atoms with E-state index in [0.717, 1.165) is 18.2 Å². The molecule has 1 fully saturated rings. The Morgan fingerprint density at radius 1 is 1.03 bits per heavy atom. The van der Waals surface area contributed by atoms with Crippen molar-refractivity contribution in [1.29, 1.82) is 0 Å². The maximum Gasteiger partial charge on any atom is 0.417 e. The molecule has 1 saturated heterocycles. The van der Waals surface area contributed by atoms with Gasteiger partial charge in [0.2, 0.25) is 11.8 Å². The average Bonchev–Trinajstić information content (AvgIpc) is 2.74. The molecule has 2 aromatic rings. The molecule has 0 spiro atoms. The zero-order chi connectivity index (χ0) is 23.1. The number of amides is 2. The van der Waals surface area contributed by atoms with Crippen LogP contribution in [0.25, 0.3) is 6.08 Å². The Bertz CT molecular complexity index is 988. The summed E-state index contributed by atoms with van der Waals surface area (Å²) in [5.41, 5.74) is 0.277. The molecule has 2 amide bonds. The second kappa shape index (κ2) is 10.6. The molecule has 0 aliphatic carbocycles. The van der Waals surface area contributed by atoms with Crippen LogP contribution in [0.2, 0.25) is 5.02 Å². The highest BCUT2D eigenvalue weighted by Gasteiger charge is 2.33. The highest BCUT2D eigenvalue weighted by molar-refractivity contribution is 6.31. The fraction of sp³-hybridized carbons (Fsp3) is 0.273. The number of morpholine rings is 1. The molecule has 170 valence electrons. The van der Waals surface area contributed by atoms with E-state index in [0.29, 0.717) is 37.7 Å². The summed E-state index contributed by atoms with van der Waals surface area (Å²) in [5.74, 6) is -0.662. The monoisotopic (exact) mass is 467 g/mol. The Morgan fingerprint density at radius 2 is 1.66 bits per heavy atom. The van der Waals surface area contributed by atoms with Crippen LogP contribution in [0.1, 0.15) is 11.1 Å². The Morgan fingerprint density at radius 3 is 2.28 bits per heavy atom. The average molecular weight is 468 g/mol. The number of benzene rings is 2. The molecule has 1 aliphatic heterocycles. The van der Waals surface area contributed by atoms with Crippen molar-refractivity contribution in [2.24, 2.45) is 0 Å². The van der Waals surface area contributed by atoms with Crippen LogP contribution in [0.5, 0.6) is 0 Å². The molecule has 0 radical (unpaired) electrons. The Labute approximate surface area is 188 Å². The van der Waals surface area contributed by atoms with Crippen LogP contribution in [0.3, 0.4) is 0 Å². The van der Waals surface area contributed by atoms with Crippen LogP contribution in [-0.4, -0.2) is 49.6 Å². The minimum atomic E-state index is -4.58. The number of ether oxygens (including phenoxy) is 1. The summed E-state index contributed by atoms with van der Waals surface area (Å²) < 4.78 is 44.0. The number of hydrogen-bond acceptors (Lipinski definition) is 4. The number of anilines is 2. The minimum absolute atomic E-state index is 0.146. The molecule has 0 unspecified atom stereocenters. The molecular formula is C22H21ClF3N3O3. The molecule has 0 saturated carbocycles. The van der Waals surface area contributed by atoms with Gasteiger partial charge in [-0.25, -0.2) is 0 Å². The van der Waals surface area contributed by atoms with Crippen molar-refractivity contribution in [3.05, 3.63) is 64.7 Å². The maximum atomic E-state index is 12.9. The van der Waals surface area contributed by atoms with E-state index >= 15 is 0 Å². The van der Waals surface area contributed by atoms with Crippen molar-refractivity contribution in [3.8, 4) is 0 Å². The van der Waals surface area contributed by atoms with Gasteiger partial charge < -0.3 is 15.4 Å². The predicted molar refractivity (Wildman–Crippen MR) is 116 cm³/mol. The van der Waals surface area contributed by atoms with Gasteiger partial charge in [0, 0.05) is 30.5 Å². The lowest BCUT2D eigenvalue weighted by Gasteiger charge is -2.25. The van der Waals surface area contributed by atoms with E-state index < -0.39 is 22.7 Å². The summed E-state index contributed by atoms with van der Waals surface area (Å²) in [6.45, 7) is 2.90. The number of carbonyl (C=O) groups excluding carboxylic acids is 2. The number of hydrogen-bond donors (Lipinski definition) is 2. The summed E-state index contributed by atoms with van der Waals surface area (Å²) in [7, 11) is 0. The standard InChI is InChI=1S/C22H21ClF3N3O3/c23-19-7-1-15(13-18(19)22(24,25)26)2-8-20(30)27-16-3-5-17(6-4-16)28-21(31)14-29-9-11-32-12-10-29/h1-8,13H,9-12,14H2,(H,27,30)(H,28,31). The van der Waals surface area contributed by atoms with Gasteiger partial charge >= 0.3 is 6.18 Å². The number of nitrogens with one attached hydrogen (secondary N) is 2. The molecule has 2 N–H and O–H groups in total. The first-order valence-corrected chi connectivity index (χ1v) is 10.1. The lowest BCUT2D eigenvalue weighted by molar-refractivity contribution is -0.137. The SMILES string of the molecule is O=C(C=Cc1ccc(Cl)c(C(F)(F)F)c1)Nc1ccc(NC(=O)CN2CCOCC2)cc1. The van der Waals surface area contributed by atoms with Gasteiger partial charge in [-0.3, -0.25) is 14.5 Å². The minimum Gasteiger partial charge on any atom is -0.379 e. The molecule has 0 atom stereocenters. The normalized spacial score (nSPS) is 15.0. The molecule has 0 aromatic heterocycles. The van der Waals surface area contributed by atoms with Gasteiger partial charge in [0.15, 0.2) is 0 Å². The van der Waals surface area contributed by atoms with Gasteiger partial charge in [0.05, 0.1) is 30.3 Å². The third-order valence-corrected chi connectivity index (χ3v) is 4.96. The number of alkyl halides is 3. The van der Waals surface area contributed by atoms with E-state index in [2.05, 4.69) is 10.6 Å². The lowest BCUT2D eigenvalue weighted by Crippen LogP contribution is -2.41. The Hall–Kier alpha value is -2.88. The van der Waals surface area contributed by atoms with Crippen LogP contribution >= 0.6 is 11.6 Å². The Kier molecular flexibility index (Phi) is 7.89. The van der Waals surface area contributed by atoms with Gasteiger partial charge in [0.1, 0.15) is 0 Å². The third kappa shape index (κ3) is 7.08. The van der Waals surface area contributed by atoms with Crippen molar-refractivity contribution in [1.82, 2.24) is 4.90 Å². The van der Waals surface area contributed by atoms with Crippen molar-refractivity contribution in [2.75, 3.05) is 43.5 Å². The highest BCUT2D eigenvalue weighted by Crippen LogP contribution is 2.35. The van der Waals surface area contributed by atoms with Crippen LogP contribution in [0.15, 0.2) is 48.5 Å². The number of rotatable bonds is 6. The van der Waals surface area contributed by atoms with Crippen molar-refractivity contribution < 1.29 is 27.5 Å². The largest absolute Gasteiger partial charge is 0.417 e. The molecule has 3 rings (SSSR count). The second-order valence-corrected chi connectivity index (χ2v) is 7.48. The molecule has 6 nitrogen and oxygen atoms in total. The number of nitrogens with zero attached hydrogens (tertiary/aromatic N) is 1.